The zero-order chi connectivity index (χ0) is 13.1. The van der Waals surface area contributed by atoms with Crippen molar-refractivity contribution in [1.29, 1.82) is 0 Å². The summed E-state index contributed by atoms with van der Waals surface area (Å²) in [5.41, 5.74) is -0.584. The van der Waals surface area contributed by atoms with E-state index in [-0.39, 0.29) is 12.2 Å². The molecule has 17 heavy (non-hydrogen) atoms. The molecule has 0 saturated heterocycles. The Morgan fingerprint density at radius 3 is 2.53 bits per heavy atom. The Morgan fingerprint density at radius 1 is 1.35 bits per heavy atom. The number of rotatable bonds is 5. The van der Waals surface area contributed by atoms with Crippen LogP contribution in [0.2, 0.25) is 0 Å². The average molecular weight is 236 g/mol. The number of Topliss-reactive ketones (excluding diaryl/α,β-unsaturated/α-hetero) is 1. The zero-order valence-corrected chi connectivity index (χ0v) is 10.2. The third-order valence-electron chi connectivity index (χ3n) is 2.57. The van der Waals surface area contributed by atoms with Gasteiger partial charge in [0.25, 0.3) is 0 Å². The van der Waals surface area contributed by atoms with Crippen molar-refractivity contribution in [3.05, 3.63) is 29.8 Å². The summed E-state index contributed by atoms with van der Waals surface area (Å²) in [5.74, 6) is -0.589. The second-order valence-corrected chi connectivity index (χ2v) is 4.52. The molecule has 0 aliphatic rings. The van der Waals surface area contributed by atoms with Gasteiger partial charge in [-0.2, -0.15) is 0 Å². The Morgan fingerprint density at radius 2 is 2.00 bits per heavy atom. The highest BCUT2D eigenvalue weighted by Crippen LogP contribution is 2.24. The Labute approximate surface area is 100 Å². The van der Waals surface area contributed by atoms with Gasteiger partial charge in [0.15, 0.2) is 5.78 Å². The monoisotopic (exact) mass is 236 g/mol. The summed E-state index contributed by atoms with van der Waals surface area (Å²) in [6.07, 6.45) is -0.0322. The molecule has 0 fully saturated rings. The first kappa shape index (κ1) is 13.2. The van der Waals surface area contributed by atoms with Crippen molar-refractivity contribution in [2.75, 3.05) is 7.11 Å². The minimum Gasteiger partial charge on any atom is -0.497 e. The van der Waals surface area contributed by atoms with Gasteiger partial charge < -0.3 is 9.84 Å². The zero-order valence-electron chi connectivity index (χ0n) is 10.2. The first-order chi connectivity index (χ1) is 7.86. The number of aliphatic carboxylic acids is 1. The van der Waals surface area contributed by atoms with Gasteiger partial charge in [-0.3, -0.25) is 9.59 Å². The number of methoxy groups -OCH3 is 1. The number of carboxylic acids is 1. The van der Waals surface area contributed by atoms with Gasteiger partial charge in [0.05, 0.1) is 12.5 Å². The van der Waals surface area contributed by atoms with Crippen LogP contribution in [0.5, 0.6) is 5.75 Å². The van der Waals surface area contributed by atoms with Gasteiger partial charge in [-0.1, -0.05) is 12.1 Å². The summed E-state index contributed by atoms with van der Waals surface area (Å²) >= 11 is 0. The van der Waals surface area contributed by atoms with Crippen LogP contribution in [-0.2, 0) is 4.79 Å². The van der Waals surface area contributed by atoms with Crippen LogP contribution in [0.15, 0.2) is 24.3 Å². The lowest BCUT2D eigenvalue weighted by Crippen LogP contribution is -2.26. The van der Waals surface area contributed by atoms with Crippen LogP contribution < -0.4 is 4.74 Å². The van der Waals surface area contributed by atoms with Crippen LogP contribution in [-0.4, -0.2) is 24.0 Å². The number of hydrogen-bond donors (Lipinski definition) is 1. The Bertz CT molecular complexity index is 435. The molecule has 0 spiro atoms. The summed E-state index contributed by atoms with van der Waals surface area (Å²) in [4.78, 5) is 22.8. The fourth-order valence-electron chi connectivity index (χ4n) is 1.38. The highest BCUT2D eigenvalue weighted by atomic mass is 16.5. The highest BCUT2D eigenvalue weighted by Gasteiger charge is 2.30. The number of carbonyl (C=O) groups excluding carboxylic acids is 1. The van der Waals surface area contributed by atoms with E-state index in [2.05, 4.69) is 0 Å². The fourth-order valence-corrected chi connectivity index (χ4v) is 1.38. The van der Waals surface area contributed by atoms with Crippen LogP contribution in [0.1, 0.15) is 30.6 Å². The van der Waals surface area contributed by atoms with E-state index in [0.29, 0.717) is 11.3 Å². The molecule has 0 saturated carbocycles. The van der Waals surface area contributed by atoms with Crippen molar-refractivity contribution in [3.63, 3.8) is 0 Å². The van der Waals surface area contributed by atoms with Gasteiger partial charge >= 0.3 is 5.97 Å². The molecule has 0 heterocycles. The van der Waals surface area contributed by atoms with Crippen molar-refractivity contribution in [1.82, 2.24) is 0 Å². The standard InChI is InChI=1S/C13H16O4/c1-13(2,12(15)16)8-11(14)9-5-4-6-10(7-9)17-3/h4-7H,8H2,1-3H3,(H,15,16). The summed E-state index contributed by atoms with van der Waals surface area (Å²) < 4.78 is 5.01. The average Bonchev–Trinajstić information content (AvgIpc) is 2.28. The van der Waals surface area contributed by atoms with E-state index < -0.39 is 11.4 Å². The molecule has 92 valence electrons. The molecule has 0 aliphatic heterocycles. The lowest BCUT2D eigenvalue weighted by atomic mass is 9.86. The lowest BCUT2D eigenvalue weighted by molar-refractivity contribution is -0.146. The summed E-state index contributed by atoms with van der Waals surface area (Å²) in [5, 5.41) is 8.96. The molecule has 1 rings (SSSR count). The lowest BCUT2D eigenvalue weighted by Gasteiger charge is -2.17. The number of ether oxygens (including phenoxy) is 1. The van der Waals surface area contributed by atoms with E-state index in [4.69, 9.17) is 9.84 Å². The van der Waals surface area contributed by atoms with Crippen molar-refractivity contribution in [2.45, 2.75) is 20.3 Å². The summed E-state index contributed by atoms with van der Waals surface area (Å²) in [7, 11) is 1.52. The molecule has 0 bridgehead atoms. The predicted octanol–water partition coefficient (Wildman–Crippen LogP) is 2.38. The largest absolute Gasteiger partial charge is 0.497 e. The first-order valence-corrected chi connectivity index (χ1v) is 5.27. The van der Waals surface area contributed by atoms with E-state index in [1.54, 1.807) is 24.3 Å². The molecule has 4 nitrogen and oxygen atoms in total. The van der Waals surface area contributed by atoms with Crippen molar-refractivity contribution >= 4 is 11.8 Å². The maximum atomic E-state index is 11.9. The molecule has 1 aromatic carbocycles. The summed E-state index contributed by atoms with van der Waals surface area (Å²) in [6, 6.07) is 6.71. The number of hydrogen-bond acceptors (Lipinski definition) is 3. The SMILES string of the molecule is COc1cccc(C(=O)CC(C)(C)C(=O)O)c1. The van der Waals surface area contributed by atoms with E-state index in [1.807, 2.05) is 0 Å². The second-order valence-electron chi connectivity index (χ2n) is 4.52. The molecule has 4 heteroatoms. The van der Waals surface area contributed by atoms with Crippen LogP contribution in [0.4, 0.5) is 0 Å². The van der Waals surface area contributed by atoms with Gasteiger partial charge in [0.1, 0.15) is 5.75 Å². The maximum absolute atomic E-state index is 11.9. The Balaban J connectivity index is 2.86. The fraction of sp³-hybridized carbons (Fsp3) is 0.385. The summed E-state index contributed by atoms with van der Waals surface area (Å²) in [6.45, 7) is 3.07. The molecule has 0 radical (unpaired) electrons. The molecule has 0 unspecified atom stereocenters. The van der Waals surface area contributed by atoms with E-state index >= 15 is 0 Å². The molecule has 0 atom stereocenters. The number of benzene rings is 1. The molecule has 0 amide bonds. The number of carboxylic acid groups (broad SMARTS) is 1. The van der Waals surface area contributed by atoms with E-state index in [9.17, 15) is 9.59 Å². The Hall–Kier alpha value is -1.84. The second kappa shape index (κ2) is 4.99. The van der Waals surface area contributed by atoms with Gasteiger partial charge in [-0.15, -0.1) is 0 Å². The van der Waals surface area contributed by atoms with Crippen LogP contribution in [0, 0.1) is 5.41 Å². The van der Waals surface area contributed by atoms with Crippen LogP contribution >= 0.6 is 0 Å². The molecular weight excluding hydrogens is 220 g/mol. The Kier molecular flexibility index (Phi) is 3.89. The molecule has 0 aromatic heterocycles. The minimum absolute atomic E-state index is 0.0322. The van der Waals surface area contributed by atoms with Crippen molar-refractivity contribution in [2.24, 2.45) is 5.41 Å². The minimum atomic E-state index is -1.06. The molecule has 1 N–H and O–H groups in total. The number of ketones is 1. The van der Waals surface area contributed by atoms with Crippen molar-refractivity contribution in [3.8, 4) is 5.75 Å². The van der Waals surface area contributed by atoms with Crippen molar-refractivity contribution < 1.29 is 19.4 Å². The van der Waals surface area contributed by atoms with E-state index in [1.165, 1.54) is 21.0 Å². The van der Waals surface area contributed by atoms with Gasteiger partial charge in [0, 0.05) is 12.0 Å². The van der Waals surface area contributed by atoms with E-state index in [0.717, 1.165) is 0 Å². The van der Waals surface area contributed by atoms with Gasteiger partial charge in [-0.25, -0.2) is 0 Å². The third-order valence-corrected chi connectivity index (χ3v) is 2.57. The molecule has 1 aromatic rings. The normalized spacial score (nSPS) is 11.0. The third kappa shape index (κ3) is 3.31. The maximum Gasteiger partial charge on any atom is 0.309 e. The van der Waals surface area contributed by atoms with Crippen LogP contribution in [0.25, 0.3) is 0 Å². The molecule has 0 aliphatic carbocycles. The number of carbonyl (C=O) groups is 2. The van der Waals surface area contributed by atoms with Gasteiger partial charge in [-0.05, 0) is 26.0 Å². The molecular formula is C13H16O4. The highest BCUT2D eigenvalue weighted by molar-refractivity contribution is 5.99. The topological polar surface area (TPSA) is 63.6 Å². The van der Waals surface area contributed by atoms with Gasteiger partial charge in [0.2, 0.25) is 0 Å². The predicted molar refractivity (Wildman–Crippen MR) is 63.4 cm³/mol. The van der Waals surface area contributed by atoms with Crippen LogP contribution in [0.3, 0.4) is 0 Å². The first-order valence-electron chi connectivity index (χ1n) is 5.27. The quantitative estimate of drug-likeness (QED) is 0.797. The smallest absolute Gasteiger partial charge is 0.309 e.